The molecule has 5 heteroatoms. The molecule has 2 rings (SSSR count). The third kappa shape index (κ3) is 3.28. The summed E-state index contributed by atoms with van der Waals surface area (Å²) in [5.41, 5.74) is 6.54. The molecule has 0 bridgehead atoms. The summed E-state index contributed by atoms with van der Waals surface area (Å²) in [6.07, 6.45) is 5.36. The second-order valence-corrected chi connectivity index (χ2v) is 5.49. The van der Waals surface area contributed by atoms with Crippen LogP contribution < -0.4 is 10.6 Å². The van der Waals surface area contributed by atoms with Gasteiger partial charge in [0.15, 0.2) is 0 Å². The zero-order valence-corrected chi connectivity index (χ0v) is 12.7. The number of nitrogen functional groups attached to an aromatic ring is 1. The van der Waals surface area contributed by atoms with Gasteiger partial charge in [0.05, 0.1) is 18.4 Å². The van der Waals surface area contributed by atoms with Crippen LogP contribution in [0.2, 0.25) is 0 Å². The van der Waals surface area contributed by atoms with Gasteiger partial charge >= 0.3 is 5.97 Å². The highest BCUT2D eigenvalue weighted by molar-refractivity contribution is 5.96. The molecule has 1 aromatic carbocycles. The molecule has 0 aromatic heterocycles. The molecule has 1 heterocycles. The van der Waals surface area contributed by atoms with Gasteiger partial charge in [0.2, 0.25) is 0 Å². The van der Waals surface area contributed by atoms with Crippen molar-refractivity contribution in [3.8, 4) is 0 Å². The number of nitrogens with zero attached hydrogens (tertiary/aromatic N) is 1. The van der Waals surface area contributed by atoms with Gasteiger partial charge in [-0.3, -0.25) is 0 Å². The minimum atomic E-state index is -0.531. The summed E-state index contributed by atoms with van der Waals surface area (Å²) in [4.78, 5) is 13.8. The van der Waals surface area contributed by atoms with Gasteiger partial charge in [0.1, 0.15) is 5.82 Å². The third-order valence-electron chi connectivity index (χ3n) is 4.18. The SMILES string of the molecule is CCC1CCCCCN1c1cc(C(=O)OC)c(N)cc1F. The summed E-state index contributed by atoms with van der Waals surface area (Å²) in [5, 5.41) is 0. The van der Waals surface area contributed by atoms with Gasteiger partial charge in [-0.15, -0.1) is 0 Å². The Morgan fingerprint density at radius 2 is 2.19 bits per heavy atom. The molecule has 1 saturated heterocycles. The fraction of sp³-hybridized carbons (Fsp3) is 0.562. The summed E-state index contributed by atoms with van der Waals surface area (Å²) in [6, 6.07) is 3.06. The number of carbonyl (C=O) groups excluding carboxylic acids is 1. The van der Waals surface area contributed by atoms with E-state index in [-0.39, 0.29) is 17.1 Å². The molecular weight excluding hydrogens is 271 g/mol. The smallest absolute Gasteiger partial charge is 0.340 e. The number of methoxy groups -OCH3 is 1. The van der Waals surface area contributed by atoms with Crippen LogP contribution in [0.3, 0.4) is 0 Å². The van der Waals surface area contributed by atoms with Crippen molar-refractivity contribution in [2.24, 2.45) is 0 Å². The number of carbonyl (C=O) groups is 1. The number of anilines is 2. The molecule has 116 valence electrons. The fourth-order valence-corrected chi connectivity index (χ4v) is 3.00. The molecule has 2 N–H and O–H groups in total. The summed E-state index contributed by atoms with van der Waals surface area (Å²) >= 11 is 0. The lowest BCUT2D eigenvalue weighted by molar-refractivity contribution is 0.0602. The highest BCUT2D eigenvalue weighted by Crippen LogP contribution is 2.31. The van der Waals surface area contributed by atoms with E-state index in [0.717, 1.165) is 38.6 Å². The first-order valence-electron chi connectivity index (χ1n) is 7.52. The van der Waals surface area contributed by atoms with Crippen molar-refractivity contribution in [1.82, 2.24) is 0 Å². The van der Waals surface area contributed by atoms with Crippen LogP contribution in [-0.2, 0) is 4.74 Å². The Balaban J connectivity index is 2.43. The highest BCUT2D eigenvalue weighted by atomic mass is 19.1. The average molecular weight is 294 g/mol. The topological polar surface area (TPSA) is 55.6 Å². The maximum absolute atomic E-state index is 14.4. The lowest BCUT2D eigenvalue weighted by Gasteiger charge is -2.32. The largest absolute Gasteiger partial charge is 0.465 e. The van der Waals surface area contributed by atoms with Gasteiger partial charge < -0.3 is 15.4 Å². The molecular formula is C16H23FN2O2. The number of halogens is 1. The monoisotopic (exact) mass is 294 g/mol. The number of nitrogens with two attached hydrogens (primary N) is 1. The van der Waals surface area contributed by atoms with E-state index in [4.69, 9.17) is 10.5 Å². The minimum absolute atomic E-state index is 0.117. The Labute approximate surface area is 125 Å². The van der Waals surface area contributed by atoms with E-state index in [1.807, 2.05) is 0 Å². The zero-order chi connectivity index (χ0) is 15.4. The van der Waals surface area contributed by atoms with Crippen molar-refractivity contribution in [1.29, 1.82) is 0 Å². The van der Waals surface area contributed by atoms with Crippen LogP contribution in [-0.4, -0.2) is 25.7 Å². The molecule has 1 fully saturated rings. The number of esters is 1. The quantitative estimate of drug-likeness (QED) is 0.686. The van der Waals surface area contributed by atoms with Gasteiger partial charge in [-0.1, -0.05) is 19.8 Å². The van der Waals surface area contributed by atoms with Crippen LogP contribution in [0.4, 0.5) is 15.8 Å². The molecule has 1 aliphatic rings. The molecule has 0 spiro atoms. The van der Waals surface area contributed by atoms with Crippen molar-refractivity contribution >= 4 is 17.3 Å². The summed E-state index contributed by atoms with van der Waals surface area (Å²) in [7, 11) is 1.30. The van der Waals surface area contributed by atoms with Gasteiger partial charge in [0, 0.05) is 18.3 Å². The first-order chi connectivity index (χ1) is 10.1. The third-order valence-corrected chi connectivity index (χ3v) is 4.18. The summed E-state index contributed by atoms with van der Waals surface area (Å²) < 4.78 is 19.1. The molecule has 1 atom stereocenters. The van der Waals surface area contributed by atoms with Crippen molar-refractivity contribution in [3.05, 3.63) is 23.5 Å². The Kier molecular flexibility index (Phi) is 5.04. The number of benzene rings is 1. The maximum Gasteiger partial charge on any atom is 0.340 e. The Morgan fingerprint density at radius 3 is 2.86 bits per heavy atom. The molecule has 4 nitrogen and oxygen atoms in total. The predicted molar refractivity (Wildman–Crippen MR) is 82.0 cm³/mol. The van der Waals surface area contributed by atoms with Crippen LogP contribution in [0, 0.1) is 5.82 Å². The molecule has 0 saturated carbocycles. The predicted octanol–water partition coefficient (Wildman–Crippen LogP) is 3.35. The molecule has 21 heavy (non-hydrogen) atoms. The number of rotatable bonds is 3. The highest BCUT2D eigenvalue weighted by Gasteiger charge is 2.24. The van der Waals surface area contributed by atoms with Crippen LogP contribution >= 0.6 is 0 Å². The van der Waals surface area contributed by atoms with Crippen molar-refractivity contribution in [2.45, 2.75) is 45.1 Å². The summed E-state index contributed by atoms with van der Waals surface area (Å²) in [6.45, 7) is 2.92. The second-order valence-electron chi connectivity index (χ2n) is 5.49. The zero-order valence-electron chi connectivity index (χ0n) is 12.7. The fourth-order valence-electron chi connectivity index (χ4n) is 3.00. The second kappa shape index (κ2) is 6.78. The molecule has 0 radical (unpaired) electrons. The van der Waals surface area contributed by atoms with E-state index in [2.05, 4.69) is 11.8 Å². The normalized spacial score (nSPS) is 19.2. The molecule has 1 aromatic rings. The van der Waals surface area contributed by atoms with E-state index < -0.39 is 5.97 Å². The maximum atomic E-state index is 14.4. The van der Waals surface area contributed by atoms with Gasteiger partial charge in [0.25, 0.3) is 0 Å². The Hall–Kier alpha value is -1.78. The minimum Gasteiger partial charge on any atom is -0.465 e. The Morgan fingerprint density at radius 1 is 1.43 bits per heavy atom. The van der Waals surface area contributed by atoms with Crippen LogP contribution in [0.1, 0.15) is 49.4 Å². The van der Waals surface area contributed by atoms with E-state index in [9.17, 15) is 9.18 Å². The van der Waals surface area contributed by atoms with Crippen molar-refractivity contribution in [2.75, 3.05) is 24.3 Å². The van der Waals surface area contributed by atoms with Crippen molar-refractivity contribution in [3.63, 3.8) is 0 Å². The molecule has 0 aliphatic carbocycles. The van der Waals surface area contributed by atoms with E-state index in [0.29, 0.717) is 11.7 Å². The first kappa shape index (κ1) is 15.6. The molecule has 0 amide bonds. The average Bonchev–Trinajstić information content (AvgIpc) is 2.71. The molecule has 1 unspecified atom stereocenters. The van der Waals surface area contributed by atoms with E-state index in [1.54, 1.807) is 0 Å². The van der Waals surface area contributed by atoms with Gasteiger partial charge in [-0.25, -0.2) is 9.18 Å². The molecule has 1 aliphatic heterocycles. The summed E-state index contributed by atoms with van der Waals surface area (Å²) in [5.74, 6) is -0.905. The lowest BCUT2D eigenvalue weighted by Crippen LogP contribution is -2.35. The lowest BCUT2D eigenvalue weighted by atomic mass is 10.1. The number of hydrogen-bond acceptors (Lipinski definition) is 4. The number of ether oxygens (including phenoxy) is 1. The standard InChI is InChI=1S/C16H23FN2O2/c1-3-11-7-5-4-6-8-19(11)15-9-12(16(20)21-2)14(18)10-13(15)17/h9-11H,3-8,18H2,1-2H3. The van der Waals surface area contributed by atoms with Crippen LogP contribution in [0.25, 0.3) is 0 Å². The van der Waals surface area contributed by atoms with Crippen molar-refractivity contribution < 1.29 is 13.9 Å². The van der Waals surface area contributed by atoms with Crippen LogP contribution in [0.15, 0.2) is 12.1 Å². The number of hydrogen-bond donors (Lipinski definition) is 1. The van der Waals surface area contributed by atoms with Crippen LogP contribution in [0.5, 0.6) is 0 Å². The first-order valence-corrected chi connectivity index (χ1v) is 7.52. The van der Waals surface area contributed by atoms with Gasteiger partial charge in [-0.05, 0) is 31.4 Å². The van der Waals surface area contributed by atoms with E-state index in [1.165, 1.54) is 19.2 Å². The Bertz CT molecular complexity index is 519. The van der Waals surface area contributed by atoms with E-state index >= 15 is 0 Å². The van der Waals surface area contributed by atoms with Gasteiger partial charge in [-0.2, -0.15) is 0 Å².